The second kappa shape index (κ2) is 11.0. The first-order valence-electron chi connectivity index (χ1n) is 8.56. The van der Waals surface area contributed by atoms with Crippen molar-refractivity contribution in [2.45, 2.75) is 47.5 Å². The summed E-state index contributed by atoms with van der Waals surface area (Å²) >= 11 is 0. The molecule has 6 heteroatoms. The Labute approximate surface area is 140 Å². The van der Waals surface area contributed by atoms with Crippen LogP contribution in [0.2, 0.25) is 0 Å². The molecule has 1 heterocycles. The Hall–Kier alpha value is -1.56. The summed E-state index contributed by atoms with van der Waals surface area (Å²) in [5.41, 5.74) is 2.14. The summed E-state index contributed by atoms with van der Waals surface area (Å²) in [6.07, 6.45) is 1.82. The minimum atomic E-state index is 0.585. The van der Waals surface area contributed by atoms with Gasteiger partial charge in [-0.05, 0) is 39.5 Å². The van der Waals surface area contributed by atoms with Crippen LogP contribution < -0.4 is 10.6 Å². The minimum Gasteiger partial charge on any atom is -0.381 e. The van der Waals surface area contributed by atoms with Gasteiger partial charge in [0.25, 0.3) is 0 Å². The van der Waals surface area contributed by atoms with Crippen molar-refractivity contribution in [1.29, 1.82) is 0 Å². The number of hydrogen-bond acceptors (Lipinski definition) is 4. The van der Waals surface area contributed by atoms with Crippen LogP contribution in [0.1, 0.15) is 44.2 Å². The lowest BCUT2D eigenvalue weighted by Crippen LogP contribution is -2.38. The van der Waals surface area contributed by atoms with Crippen LogP contribution >= 0.6 is 0 Å². The number of ether oxygens (including phenoxy) is 1. The van der Waals surface area contributed by atoms with Gasteiger partial charge in [0.1, 0.15) is 5.76 Å². The molecule has 0 bridgehead atoms. The fraction of sp³-hybridized carbons (Fsp3) is 0.765. The number of aryl methyl sites for hydroxylation is 2. The lowest BCUT2D eigenvalue weighted by molar-refractivity contribution is 0.109. The molecular weight excluding hydrogens is 292 g/mol. The van der Waals surface area contributed by atoms with E-state index in [1.807, 2.05) is 13.8 Å². The Morgan fingerprint density at radius 1 is 1.30 bits per heavy atom. The molecule has 0 atom stereocenters. The van der Waals surface area contributed by atoms with E-state index in [2.05, 4.69) is 41.6 Å². The van der Waals surface area contributed by atoms with Gasteiger partial charge in [-0.3, -0.25) is 4.99 Å². The third-order valence-electron chi connectivity index (χ3n) is 3.36. The van der Waals surface area contributed by atoms with E-state index in [1.165, 1.54) is 5.56 Å². The van der Waals surface area contributed by atoms with Crippen molar-refractivity contribution in [2.24, 2.45) is 10.9 Å². The average molecular weight is 324 g/mol. The van der Waals surface area contributed by atoms with Crippen LogP contribution in [0, 0.1) is 19.8 Å². The van der Waals surface area contributed by atoms with Crippen LogP contribution in [0.15, 0.2) is 9.52 Å². The number of nitrogens with one attached hydrogen (secondary N) is 2. The van der Waals surface area contributed by atoms with E-state index in [-0.39, 0.29) is 0 Å². The van der Waals surface area contributed by atoms with Gasteiger partial charge in [0.2, 0.25) is 0 Å². The van der Waals surface area contributed by atoms with Gasteiger partial charge in [-0.25, -0.2) is 0 Å². The van der Waals surface area contributed by atoms with E-state index < -0.39 is 0 Å². The van der Waals surface area contributed by atoms with Crippen molar-refractivity contribution in [2.75, 3.05) is 32.8 Å². The molecule has 0 amide bonds. The summed E-state index contributed by atoms with van der Waals surface area (Å²) in [6, 6.07) is 0. The van der Waals surface area contributed by atoms with Gasteiger partial charge in [-0.1, -0.05) is 19.0 Å². The van der Waals surface area contributed by atoms with Crippen molar-refractivity contribution < 1.29 is 9.26 Å². The second-order valence-electron chi connectivity index (χ2n) is 6.06. The molecule has 132 valence electrons. The molecule has 1 aromatic rings. The Kier molecular flexibility index (Phi) is 9.36. The number of rotatable bonds is 10. The fourth-order valence-corrected chi connectivity index (χ4v) is 2.18. The standard InChI is InChI=1S/C17H32N4O2/c1-6-18-17(19-9-7-11-22-12-13(2)3)20-10-8-16-14(4)21-23-15(16)5/h13H,6-12H2,1-5H3,(H2,18,19,20). The highest BCUT2D eigenvalue weighted by molar-refractivity contribution is 5.79. The first kappa shape index (κ1) is 19.5. The lowest BCUT2D eigenvalue weighted by atomic mass is 10.1. The molecule has 0 saturated carbocycles. The molecule has 2 N–H and O–H groups in total. The second-order valence-corrected chi connectivity index (χ2v) is 6.06. The maximum absolute atomic E-state index is 5.57. The lowest BCUT2D eigenvalue weighted by Gasteiger charge is -2.11. The number of hydrogen-bond donors (Lipinski definition) is 2. The summed E-state index contributed by atoms with van der Waals surface area (Å²) < 4.78 is 10.7. The van der Waals surface area contributed by atoms with Crippen molar-refractivity contribution in [1.82, 2.24) is 15.8 Å². The Morgan fingerprint density at radius 2 is 2.09 bits per heavy atom. The predicted molar refractivity (Wildman–Crippen MR) is 93.9 cm³/mol. The maximum atomic E-state index is 5.57. The first-order chi connectivity index (χ1) is 11.0. The minimum absolute atomic E-state index is 0.585. The monoisotopic (exact) mass is 324 g/mol. The summed E-state index contributed by atoms with van der Waals surface area (Å²) in [6.45, 7) is 14.3. The molecule has 23 heavy (non-hydrogen) atoms. The molecule has 0 aliphatic carbocycles. The van der Waals surface area contributed by atoms with Crippen molar-refractivity contribution >= 4 is 5.96 Å². The number of aromatic nitrogens is 1. The quantitative estimate of drug-likeness (QED) is 0.393. The predicted octanol–water partition coefficient (Wildman–Crippen LogP) is 2.45. The van der Waals surface area contributed by atoms with Crippen molar-refractivity contribution in [3.8, 4) is 0 Å². The van der Waals surface area contributed by atoms with Gasteiger partial charge >= 0.3 is 0 Å². The van der Waals surface area contributed by atoms with Gasteiger partial charge in [-0.2, -0.15) is 0 Å². The van der Waals surface area contributed by atoms with E-state index in [9.17, 15) is 0 Å². The van der Waals surface area contributed by atoms with Crippen LogP contribution in [-0.4, -0.2) is 44.0 Å². The summed E-state index contributed by atoms with van der Waals surface area (Å²) in [5.74, 6) is 2.33. The molecule has 0 radical (unpaired) electrons. The van der Waals surface area contributed by atoms with E-state index in [0.717, 1.165) is 63.1 Å². The number of nitrogens with zero attached hydrogens (tertiary/aromatic N) is 2. The van der Waals surface area contributed by atoms with Crippen LogP contribution in [0.3, 0.4) is 0 Å². The SMILES string of the molecule is CCNC(=NCCCOCC(C)C)NCCc1c(C)noc1C. The van der Waals surface area contributed by atoms with Gasteiger partial charge in [0.05, 0.1) is 5.69 Å². The van der Waals surface area contributed by atoms with Crippen molar-refractivity contribution in [3.63, 3.8) is 0 Å². The van der Waals surface area contributed by atoms with Crippen LogP contribution in [0.4, 0.5) is 0 Å². The zero-order chi connectivity index (χ0) is 17.1. The third-order valence-corrected chi connectivity index (χ3v) is 3.36. The Balaban J connectivity index is 2.29. The van der Waals surface area contributed by atoms with Crippen LogP contribution in [-0.2, 0) is 11.2 Å². The normalized spacial score (nSPS) is 12.0. The highest BCUT2D eigenvalue weighted by atomic mass is 16.5. The Morgan fingerprint density at radius 3 is 2.70 bits per heavy atom. The molecule has 0 spiro atoms. The highest BCUT2D eigenvalue weighted by Gasteiger charge is 2.08. The van der Waals surface area contributed by atoms with Crippen LogP contribution in [0.5, 0.6) is 0 Å². The zero-order valence-electron chi connectivity index (χ0n) is 15.2. The van der Waals surface area contributed by atoms with Gasteiger partial charge in [0, 0.05) is 38.4 Å². The fourth-order valence-electron chi connectivity index (χ4n) is 2.18. The van der Waals surface area contributed by atoms with E-state index in [4.69, 9.17) is 9.26 Å². The third kappa shape index (κ3) is 8.02. The average Bonchev–Trinajstić information content (AvgIpc) is 2.82. The number of aliphatic imine (C=N–C) groups is 1. The topological polar surface area (TPSA) is 71.7 Å². The highest BCUT2D eigenvalue weighted by Crippen LogP contribution is 2.11. The largest absolute Gasteiger partial charge is 0.381 e. The first-order valence-corrected chi connectivity index (χ1v) is 8.56. The van der Waals surface area contributed by atoms with Crippen LogP contribution in [0.25, 0.3) is 0 Å². The Bertz CT molecular complexity index is 450. The smallest absolute Gasteiger partial charge is 0.191 e. The summed E-state index contributed by atoms with van der Waals surface area (Å²) in [5, 5.41) is 10.6. The summed E-state index contributed by atoms with van der Waals surface area (Å²) in [4.78, 5) is 4.57. The molecule has 6 nitrogen and oxygen atoms in total. The molecular formula is C17H32N4O2. The molecule has 0 unspecified atom stereocenters. The van der Waals surface area contributed by atoms with E-state index >= 15 is 0 Å². The number of guanidine groups is 1. The molecule has 0 aromatic carbocycles. The van der Waals surface area contributed by atoms with Gasteiger partial charge < -0.3 is 19.9 Å². The van der Waals surface area contributed by atoms with E-state index in [0.29, 0.717) is 5.92 Å². The zero-order valence-corrected chi connectivity index (χ0v) is 15.2. The molecule has 1 aromatic heterocycles. The molecule has 0 saturated heterocycles. The summed E-state index contributed by atoms with van der Waals surface area (Å²) in [7, 11) is 0. The maximum Gasteiger partial charge on any atom is 0.191 e. The van der Waals surface area contributed by atoms with E-state index in [1.54, 1.807) is 0 Å². The van der Waals surface area contributed by atoms with Gasteiger partial charge in [0.15, 0.2) is 5.96 Å². The molecule has 0 fully saturated rings. The molecule has 0 aliphatic heterocycles. The van der Waals surface area contributed by atoms with Crippen molar-refractivity contribution in [3.05, 3.63) is 17.0 Å². The molecule has 0 aliphatic rings. The van der Waals surface area contributed by atoms with Gasteiger partial charge in [-0.15, -0.1) is 0 Å². The molecule has 1 rings (SSSR count).